The number of carbonyl (C=O) groups is 3. The number of ketones is 1. The summed E-state index contributed by atoms with van der Waals surface area (Å²) in [4.78, 5) is 37.1. The molecule has 1 amide bonds. The van der Waals surface area contributed by atoms with Crippen molar-refractivity contribution >= 4 is 17.7 Å². The molecule has 1 rings (SSSR count). The lowest BCUT2D eigenvalue weighted by Gasteiger charge is -2.34. The molecule has 1 atom stereocenters. The van der Waals surface area contributed by atoms with E-state index in [1.165, 1.54) is 4.90 Å². The van der Waals surface area contributed by atoms with Crippen LogP contribution < -0.4 is 0 Å². The highest BCUT2D eigenvalue weighted by Crippen LogP contribution is 2.27. The number of hydrogen-bond acceptors (Lipinski definition) is 3. The van der Waals surface area contributed by atoms with Gasteiger partial charge in [0.25, 0.3) is 5.91 Å². The summed E-state index contributed by atoms with van der Waals surface area (Å²) >= 11 is 0. The van der Waals surface area contributed by atoms with Crippen LogP contribution in [0.5, 0.6) is 0 Å². The second-order valence-electron chi connectivity index (χ2n) is 6.16. The zero-order valence-electron chi connectivity index (χ0n) is 12.6. The number of amides is 1. The summed E-state index contributed by atoms with van der Waals surface area (Å²) in [6.07, 6.45) is 4.48. The van der Waals surface area contributed by atoms with E-state index in [4.69, 9.17) is 0 Å². The summed E-state index contributed by atoms with van der Waals surface area (Å²) in [5.41, 5.74) is -0.715. The van der Waals surface area contributed by atoms with Crippen molar-refractivity contribution in [3.05, 3.63) is 0 Å². The zero-order chi connectivity index (χ0) is 15.3. The number of likely N-dealkylation sites (tertiary alicyclic amines) is 1. The maximum atomic E-state index is 12.4. The number of carboxylic acid groups (broad SMARTS) is 1. The van der Waals surface area contributed by atoms with Gasteiger partial charge in [-0.25, -0.2) is 4.79 Å². The quantitative estimate of drug-likeness (QED) is 0.759. The van der Waals surface area contributed by atoms with Gasteiger partial charge in [-0.3, -0.25) is 9.59 Å². The molecule has 1 N–H and O–H groups in total. The predicted octanol–water partition coefficient (Wildman–Crippen LogP) is 2.24. The second-order valence-corrected chi connectivity index (χ2v) is 6.16. The van der Waals surface area contributed by atoms with E-state index in [1.807, 2.05) is 6.92 Å². The Labute approximate surface area is 120 Å². The van der Waals surface area contributed by atoms with Crippen molar-refractivity contribution in [1.29, 1.82) is 0 Å². The minimum absolute atomic E-state index is 0.366. The Hall–Kier alpha value is -1.39. The molecule has 0 spiro atoms. The van der Waals surface area contributed by atoms with Gasteiger partial charge in [0, 0.05) is 12.0 Å². The van der Waals surface area contributed by atoms with E-state index >= 15 is 0 Å². The summed E-state index contributed by atoms with van der Waals surface area (Å²) in [5, 5.41) is 9.18. The molecule has 20 heavy (non-hydrogen) atoms. The lowest BCUT2D eigenvalue weighted by atomic mass is 9.82. The van der Waals surface area contributed by atoms with Gasteiger partial charge in [0.05, 0.1) is 0 Å². The van der Waals surface area contributed by atoms with E-state index < -0.39 is 29.1 Å². The maximum absolute atomic E-state index is 12.4. The van der Waals surface area contributed by atoms with Crippen LogP contribution in [0.15, 0.2) is 0 Å². The molecule has 1 unspecified atom stereocenters. The largest absolute Gasteiger partial charge is 0.480 e. The van der Waals surface area contributed by atoms with Crippen LogP contribution in [0.3, 0.4) is 0 Å². The highest BCUT2D eigenvalue weighted by Gasteiger charge is 2.40. The van der Waals surface area contributed by atoms with E-state index in [1.54, 1.807) is 13.8 Å². The minimum Gasteiger partial charge on any atom is -0.480 e. The zero-order valence-corrected chi connectivity index (χ0v) is 12.6. The highest BCUT2D eigenvalue weighted by atomic mass is 16.4. The number of hydrogen-bond donors (Lipinski definition) is 1. The lowest BCUT2D eigenvalue weighted by molar-refractivity contribution is -0.158. The Balaban J connectivity index is 2.81. The molecule has 5 nitrogen and oxygen atoms in total. The number of nitrogens with zero attached hydrogens (tertiary/aromatic N) is 1. The third kappa shape index (κ3) is 3.81. The minimum atomic E-state index is -1.02. The van der Waals surface area contributed by atoms with Gasteiger partial charge in [0.15, 0.2) is 0 Å². The molecule has 0 aromatic heterocycles. The van der Waals surface area contributed by atoms with E-state index in [2.05, 4.69) is 0 Å². The maximum Gasteiger partial charge on any atom is 0.326 e. The molecule has 0 radical (unpaired) electrons. The van der Waals surface area contributed by atoms with Crippen LogP contribution >= 0.6 is 0 Å². The van der Waals surface area contributed by atoms with Crippen molar-refractivity contribution in [3.8, 4) is 0 Å². The van der Waals surface area contributed by atoms with E-state index in [0.29, 0.717) is 19.4 Å². The smallest absolute Gasteiger partial charge is 0.326 e. The van der Waals surface area contributed by atoms with E-state index in [0.717, 1.165) is 25.7 Å². The Kier molecular flexibility index (Phi) is 5.72. The van der Waals surface area contributed by atoms with Crippen molar-refractivity contribution in [1.82, 2.24) is 4.90 Å². The fourth-order valence-electron chi connectivity index (χ4n) is 2.58. The van der Waals surface area contributed by atoms with Crippen molar-refractivity contribution in [2.75, 3.05) is 6.54 Å². The average molecular weight is 283 g/mol. The Morgan fingerprint density at radius 1 is 1.25 bits per heavy atom. The van der Waals surface area contributed by atoms with Crippen LogP contribution in [0.4, 0.5) is 0 Å². The molecule has 5 heteroatoms. The summed E-state index contributed by atoms with van der Waals surface area (Å²) in [6.45, 7) is 5.93. The molecule has 1 aliphatic heterocycles. The number of piperidine rings is 1. The topological polar surface area (TPSA) is 74.7 Å². The monoisotopic (exact) mass is 283 g/mol. The van der Waals surface area contributed by atoms with E-state index in [-0.39, 0.29) is 0 Å². The van der Waals surface area contributed by atoms with Crippen LogP contribution in [0, 0.1) is 5.41 Å². The number of aliphatic carboxylic acids is 1. The van der Waals surface area contributed by atoms with Crippen molar-refractivity contribution < 1.29 is 19.5 Å². The molecular weight excluding hydrogens is 258 g/mol. The van der Waals surface area contributed by atoms with Crippen molar-refractivity contribution in [2.45, 2.75) is 65.3 Å². The predicted molar refractivity (Wildman–Crippen MR) is 75.3 cm³/mol. The average Bonchev–Trinajstić information content (AvgIpc) is 2.43. The normalized spacial score (nSPS) is 19.8. The van der Waals surface area contributed by atoms with Gasteiger partial charge >= 0.3 is 5.97 Å². The number of carbonyl (C=O) groups excluding carboxylic acids is 2. The van der Waals surface area contributed by atoms with Gasteiger partial charge in [-0.1, -0.05) is 33.6 Å². The van der Waals surface area contributed by atoms with Gasteiger partial charge in [0.1, 0.15) is 6.04 Å². The summed E-state index contributed by atoms with van der Waals surface area (Å²) in [6, 6.07) is -0.845. The summed E-state index contributed by atoms with van der Waals surface area (Å²) in [7, 11) is 0. The lowest BCUT2D eigenvalue weighted by Crippen LogP contribution is -2.52. The third-order valence-corrected chi connectivity index (χ3v) is 4.01. The molecule has 1 saturated heterocycles. The van der Waals surface area contributed by atoms with Gasteiger partial charge in [0.2, 0.25) is 5.78 Å². The van der Waals surface area contributed by atoms with Crippen molar-refractivity contribution in [3.63, 3.8) is 0 Å². The van der Waals surface area contributed by atoms with Crippen LogP contribution in [-0.4, -0.2) is 40.3 Å². The van der Waals surface area contributed by atoms with Crippen LogP contribution in [0.1, 0.15) is 59.3 Å². The molecule has 1 aliphatic rings. The molecule has 0 saturated carbocycles. The second kappa shape index (κ2) is 6.86. The molecule has 0 bridgehead atoms. The Morgan fingerprint density at radius 3 is 2.45 bits per heavy atom. The number of rotatable bonds is 6. The first kappa shape index (κ1) is 16.7. The molecule has 0 aromatic carbocycles. The SMILES string of the molecule is CCCCC(C)(C)C(=O)C(=O)N1CCCCC1C(=O)O. The Morgan fingerprint density at radius 2 is 1.90 bits per heavy atom. The summed E-state index contributed by atoms with van der Waals surface area (Å²) in [5.74, 6) is -2.10. The Bertz CT molecular complexity index is 389. The van der Waals surface area contributed by atoms with Gasteiger partial charge < -0.3 is 10.0 Å². The molecule has 1 fully saturated rings. The first-order valence-electron chi connectivity index (χ1n) is 7.39. The van der Waals surface area contributed by atoms with Crippen LogP contribution in [0.25, 0.3) is 0 Å². The van der Waals surface area contributed by atoms with Gasteiger partial charge in [-0.2, -0.15) is 0 Å². The fourth-order valence-corrected chi connectivity index (χ4v) is 2.58. The van der Waals surface area contributed by atoms with Crippen LogP contribution in [0.2, 0.25) is 0 Å². The number of carboxylic acids is 1. The molecule has 1 heterocycles. The third-order valence-electron chi connectivity index (χ3n) is 4.01. The first-order valence-corrected chi connectivity index (χ1v) is 7.39. The van der Waals surface area contributed by atoms with E-state index in [9.17, 15) is 19.5 Å². The summed E-state index contributed by atoms with van der Waals surface area (Å²) < 4.78 is 0. The standard InChI is InChI=1S/C15H25NO4/c1-4-5-9-15(2,3)12(17)13(18)16-10-7-6-8-11(16)14(19)20/h11H,4-10H2,1-3H3,(H,19,20). The van der Waals surface area contributed by atoms with Crippen molar-refractivity contribution in [2.24, 2.45) is 5.41 Å². The number of unbranched alkanes of at least 4 members (excludes halogenated alkanes) is 1. The number of Topliss-reactive ketones (excluding diaryl/α,β-unsaturated/α-hetero) is 1. The molecular formula is C15H25NO4. The van der Waals surface area contributed by atoms with Gasteiger partial charge in [-0.15, -0.1) is 0 Å². The van der Waals surface area contributed by atoms with Gasteiger partial charge in [-0.05, 0) is 25.7 Å². The molecule has 114 valence electrons. The molecule has 0 aliphatic carbocycles. The fraction of sp³-hybridized carbons (Fsp3) is 0.800. The first-order chi connectivity index (χ1) is 9.31. The molecule has 0 aromatic rings. The van der Waals surface area contributed by atoms with Crippen LogP contribution in [-0.2, 0) is 14.4 Å². The highest BCUT2D eigenvalue weighted by molar-refractivity contribution is 6.38.